The van der Waals surface area contributed by atoms with Gasteiger partial charge < -0.3 is 14.7 Å². The van der Waals surface area contributed by atoms with Crippen LogP contribution in [-0.2, 0) is 19.1 Å². The van der Waals surface area contributed by atoms with Crippen molar-refractivity contribution in [1.82, 2.24) is 4.90 Å². The van der Waals surface area contributed by atoms with E-state index in [0.29, 0.717) is 45.4 Å². The number of carboxylic acid groups (broad SMARTS) is 1. The van der Waals surface area contributed by atoms with Gasteiger partial charge in [0.15, 0.2) is 0 Å². The van der Waals surface area contributed by atoms with Gasteiger partial charge in [-0.1, -0.05) is 12.8 Å². The largest absolute Gasteiger partial charge is 0.481 e. The lowest BCUT2D eigenvalue weighted by molar-refractivity contribution is -0.155. The van der Waals surface area contributed by atoms with Crippen LogP contribution in [0.4, 0.5) is 0 Å². The molecule has 6 heteroatoms. The SMILES string of the molecule is CCOC(=O)C1CCN(C(=O)[C@H]2CCCC[C@@H]2C(=O)O)CC1. The molecule has 1 amide bonds. The van der Waals surface area contributed by atoms with Gasteiger partial charge in [0.2, 0.25) is 5.91 Å². The number of aliphatic carboxylic acids is 1. The Labute approximate surface area is 130 Å². The number of carbonyl (C=O) groups excluding carboxylic acids is 2. The monoisotopic (exact) mass is 311 g/mol. The lowest BCUT2D eigenvalue weighted by Crippen LogP contribution is -2.46. The molecule has 1 saturated carbocycles. The minimum Gasteiger partial charge on any atom is -0.481 e. The molecule has 2 aliphatic rings. The van der Waals surface area contributed by atoms with Crippen molar-refractivity contribution < 1.29 is 24.2 Å². The van der Waals surface area contributed by atoms with E-state index in [9.17, 15) is 19.5 Å². The van der Waals surface area contributed by atoms with E-state index < -0.39 is 17.8 Å². The van der Waals surface area contributed by atoms with Crippen LogP contribution >= 0.6 is 0 Å². The second-order valence-corrected chi connectivity index (χ2v) is 6.19. The predicted octanol–water partition coefficient (Wildman–Crippen LogP) is 1.68. The van der Waals surface area contributed by atoms with E-state index in [1.165, 1.54) is 0 Å². The molecule has 0 radical (unpaired) electrons. The van der Waals surface area contributed by atoms with Gasteiger partial charge in [-0.25, -0.2) is 0 Å². The summed E-state index contributed by atoms with van der Waals surface area (Å²) in [6.45, 7) is 3.20. The summed E-state index contributed by atoms with van der Waals surface area (Å²) >= 11 is 0. The molecule has 22 heavy (non-hydrogen) atoms. The number of likely N-dealkylation sites (tertiary alicyclic amines) is 1. The van der Waals surface area contributed by atoms with Crippen molar-refractivity contribution >= 4 is 17.8 Å². The molecule has 0 aromatic carbocycles. The zero-order valence-corrected chi connectivity index (χ0v) is 13.1. The number of carbonyl (C=O) groups is 3. The highest BCUT2D eigenvalue weighted by Gasteiger charge is 2.39. The number of amides is 1. The zero-order valence-electron chi connectivity index (χ0n) is 13.1. The maximum absolute atomic E-state index is 12.6. The second-order valence-electron chi connectivity index (χ2n) is 6.19. The molecule has 1 heterocycles. The Morgan fingerprint density at radius 2 is 1.64 bits per heavy atom. The van der Waals surface area contributed by atoms with Crippen LogP contribution in [0.3, 0.4) is 0 Å². The fourth-order valence-electron chi connectivity index (χ4n) is 3.55. The van der Waals surface area contributed by atoms with Crippen LogP contribution in [0.15, 0.2) is 0 Å². The zero-order chi connectivity index (χ0) is 16.1. The van der Waals surface area contributed by atoms with Gasteiger partial charge in [-0.05, 0) is 32.6 Å². The molecule has 0 bridgehead atoms. The second kappa shape index (κ2) is 7.61. The first-order chi connectivity index (χ1) is 10.5. The van der Waals surface area contributed by atoms with Gasteiger partial charge in [-0.3, -0.25) is 14.4 Å². The Kier molecular flexibility index (Phi) is 5.80. The third-order valence-corrected chi connectivity index (χ3v) is 4.83. The molecule has 124 valence electrons. The Morgan fingerprint density at radius 3 is 2.18 bits per heavy atom. The number of nitrogens with zero attached hydrogens (tertiary/aromatic N) is 1. The van der Waals surface area contributed by atoms with Crippen LogP contribution in [0.1, 0.15) is 45.4 Å². The molecule has 1 aliphatic heterocycles. The van der Waals surface area contributed by atoms with Crippen molar-refractivity contribution in [2.45, 2.75) is 45.4 Å². The Bertz CT molecular complexity index is 428. The summed E-state index contributed by atoms with van der Waals surface area (Å²) in [6.07, 6.45) is 4.26. The number of carboxylic acids is 1. The first kappa shape index (κ1) is 16.8. The van der Waals surface area contributed by atoms with Gasteiger partial charge in [-0.2, -0.15) is 0 Å². The summed E-state index contributed by atoms with van der Waals surface area (Å²) in [5, 5.41) is 9.30. The van der Waals surface area contributed by atoms with E-state index in [2.05, 4.69) is 0 Å². The topological polar surface area (TPSA) is 83.9 Å². The minimum atomic E-state index is -0.862. The maximum Gasteiger partial charge on any atom is 0.309 e. The highest BCUT2D eigenvalue weighted by atomic mass is 16.5. The lowest BCUT2D eigenvalue weighted by atomic mass is 9.78. The average molecular weight is 311 g/mol. The van der Waals surface area contributed by atoms with Gasteiger partial charge in [-0.15, -0.1) is 0 Å². The molecule has 1 aliphatic carbocycles. The fraction of sp³-hybridized carbons (Fsp3) is 0.812. The van der Waals surface area contributed by atoms with Gasteiger partial charge in [0, 0.05) is 13.1 Å². The molecular weight excluding hydrogens is 286 g/mol. The van der Waals surface area contributed by atoms with Gasteiger partial charge in [0.1, 0.15) is 0 Å². The van der Waals surface area contributed by atoms with E-state index in [1.807, 2.05) is 0 Å². The normalized spacial score (nSPS) is 26.5. The van der Waals surface area contributed by atoms with Crippen molar-refractivity contribution in [3.8, 4) is 0 Å². The molecule has 0 unspecified atom stereocenters. The minimum absolute atomic E-state index is 0.0468. The summed E-state index contributed by atoms with van der Waals surface area (Å²) in [5.41, 5.74) is 0. The molecule has 1 saturated heterocycles. The summed E-state index contributed by atoms with van der Waals surface area (Å²) in [6, 6.07) is 0. The Hall–Kier alpha value is -1.59. The first-order valence-electron chi connectivity index (χ1n) is 8.22. The fourth-order valence-corrected chi connectivity index (χ4v) is 3.55. The van der Waals surface area contributed by atoms with E-state index in [-0.39, 0.29) is 17.8 Å². The van der Waals surface area contributed by atoms with E-state index >= 15 is 0 Å². The number of esters is 1. The molecule has 2 fully saturated rings. The third kappa shape index (κ3) is 3.78. The standard InChI is InChI=1S/C16H25NO5/c1-2-22-16(21)11-7-9-17(10-8-11)14(18)12-5-3-4-6-13(12)15(19)20/h11-13H,2-10H2,1H3,(H,19,20)/t12-,13-/m0/s1. The molecule has 0 spiro atoms. The van der Waals surface area contributed by atoms with Gasteiger partial charge in [0.05, 0.1) is 24.4 Å². The van der Waals surface area contributed by atoms with Crippen molar-refractivity contribution in [3.05, 3.63) is 0 Å². The van der Waals surface area contributed by atoms with Gasteiger partial charge in [0.25, 0.3) is 0 Å². The number of hydrogen-bond acceptors (Lipinski definition) is 4. The number of piperidine rings is 1. The van der Waals surface area contributed by atoms with Crippen LogP contribution in [0, 0.1) is 17.8 Å². The molecule has 6 nitrogen and oxygen atoms in total. The van der Waals surface area contributed by atoms with E-state index in [4.69, 9.17) is 4.74 Å². The van der Waals surface area contributed by atoms with Crippen LogP contribution in [0.2, 0.25) is 0 Å². The maximum atomic E-state index is 12.6. The Balaban J connectivity index is 1.91. The number of hydrogen-bond donors (Lipinski definition) is 1. The van der Waals surface area contributed by atoms with Crippen LogP contribution < -0.4 is 0 Å². The van der Waals surface area contributed by atoms with Crippen LogP contribution in [0.25, 0.3) is 0 Å². The van der Waals surface area contributed by atoms with E-state index in [0.717, 1.165) is 12.8 Å². The lowest BCUT2D eigenvalue weighted by Gasteiger charge is -2.36. The number of rotatable bonds is 4. The summed E-state index contributed by atoms with van der Waals surface area (Å²) in [4.78, 5) is 37.4. The molecular formula is C16H25NO5. The summed E-state index contributed by atoms with van der Waals surface area (Å²) < 4.78 is 5.02. The molecule has 2 atom stereocenters. The first-order valence-corrected chi connectivity index (χ1v) is 8.22. The van der Waals surface area contributed by atoms with Crippen molar-refractivity contribution in [2.75, 3.05) is 19.7 Å². The summed E-state index contributed by atoms with van der Waals surface area (Å²) in [5.74, 6) is -2.18. The summed E-state index contributed by atoms with van der Waals surface area (Å²) in [7, 11) is 0. The van der Waals surface area contributed by atoms with Crippen LogP contribution in [-0.4, -0.2) is 47.5 Å². The van der Waals surface area contributed by atoms with Crippen LogP contribution in [0.5, 0.6) is 0 Å². The predicted molar refractivity (Wildman–Crippen MR) is 79.0 cm³/mol. The number of ether oxygens (including phenoxy) is 1. The molecule has 0 aromatic rings. The molecule has 2 rings (SSSR count). The van der Waals surface area contributed by atoms with Crippen molar-refractivity contribution in [1.29, 1.82) is 0 Å². The Morgan fingerprint density at radius 1 is 1.05 bits per heavy atom. The van der Waals surface area contributed by atoms with Gasteiger partial charge >= 0.3 is 11.9 Å². The highest BCUT2D eigenvalue weighted by Crippen LogP contribution is 2.33. The van der Waals surface area contributed by atoms with Crippen molar-refractivity contribution in [2.24, 2.45) is 17.8 Å². The quantitative estimate of drug-likeness (QED) is 0.799. The molecule has 1 N–H and O–H groups in total. The molecule has 0 aromatic heterocycles. The average Bonchev–Trinajstić information content (AvgIpc) is 2.54. The van der Waals surface area contributed by atoms with E-state index in [1.54, 1.807) is 11.8 Å². The van der Waals surface area contributed by atoms with Crippen molar-refractivity contribution in [3.63, 3.8) is 0 Å². The smallest absolute Gasteiger partial charge is 0.309 e. The third-order valence-electron chi connectivity index (χ3n) is 4.83. The highest BCUT2D eigenvalue weighted by molar-refractivity contribution is 5.85.